The van der Waals surface area contributed by atoms with Crippen molar-refractivity contribution in [3.05, 3.63) is 29.8 Å². The fourth-order valence-corrected chi connectivity index (χ4v) is 3.06. The molecule has 3 rings (SSSR count). The number of rotatable bonds is 2. The third kappa shape index (κ3) is 3.19. The van der Waals surface area contributed by atoms with Crippen molar-refractivity contribution < 1.29 is 23.1 Å². The number of carbonyl (C=O) groups is 2. The van der Waals surface area contributed by atoms with E-state index < -0.39 is 23.5 Å². The van der Waals surface area contributed by atoms with Crippen LogP contribution in [-0.2, 0) is 14.3 Å². The minimum atomic E-state index is -0.797. The summed E-state index contributed by atoms with van der Waals surface area (Å²) >= 11 is 0. The molecule has 0 radical (unpaired) electrons. The molecule has 23 heavy (non-hydrogen) atoms. The van der Waals surface area contributed by atoms with Gasteiger partial charge in [-0.2, -0.15) is 0 Å². The molecule has 2 fully saturated rings. The lowest BCUT2D eigenvalue weighted by Gasteiger charge is -2.23. The molecule has 2 amide bonds. The largest absolute Gasteiger partial charge is 0.380 e. The summed E-state index contributed by atoms with van der Waals surface area (Å²) in [4.78, 5) is 27.4. The molecule has 0 saturated carbocycles. The van der Waals surface area contributed by atoms with Gasteiger partial charge in [0.25, 0.3) is 0 Å². The number of anilines is 1. The predicted molar refractivity (Wildman–Crippen MR) is 78.8 cm³/mol. The Morgan fingerprint density at radius 1 is 1.17 bits per heavy atom. The van der Waals surface area contributed by atoms with Gasteiger partial charge in [0.1, 0.15) is 17.3 Å². The van der Waals surface area contributed by atoms with Crippen LogP contribution in [0.2, 0.25) is 0 Å². The second-order valence-corrected chi connectivity index (χ2v) is 5.77. The quantitative estimate of drug-likeness (QED) is 0.830. The van der Waals surface area contributed by atoms with E-state index >= 15 is 0 Å². The standard InChI is InChI=1S/C16H18F2N2O3/c17-12-3-1-4-13(18)15(12)20-10-11(9-14(20)21)16(22)19-5-2-7-23-8-6-19/h1,3-4,11H,2,5-10H2. The van der Waals surface area contributed by atoms with E-state index in [4.69, 9.17) is 4.74 Å². The molecule has 7 heteroatoms. The van der Waals surface area contributed by atoms with Gasteiger partial charge >= 0.3 is 0 Å². The van der Waals surface area contributed by atoms with E-state index in [1.807, 2.05) is 0 Å². The Labute approximate surface area is 132 Å². The first-order valence-corrected chi connectivity index (χ1v) is 7.69. The lowest BCUT2D eigenvalue weighted by molar-refractivity contribution is -0.135. The van der Waals surface area contributed by atoms with Gasteiger partial charge in [0.15, 0.2) is 0 Å². The fourth-order valence-electron chi connectivity index (χ4n) is 3.06. The van der Waals surface area contributed by atoms with Gasteiger partial charge in [-0.05, 0) is 18.6 Å². The monoisotopic (exact) mass is 324 g/mol. The maximum atomic E-state index is 13.9. The van der Waals surface area contributed by atoms with Gasteiger partial charge in [0.2, 0.25) is 11.8 Å². The lowest BCUT2D eigenvalue weighted by Crippen LogP contribution is -2.39. The van der Waals surface area contributed by atoms with Crippen molar-refractivity contribution in [2.24, 2.45) is 5.92 Å². The Hall–Kier alpha value is -2.02. The van der Waals surface area contributed by atoms with Crippen molar-refractivity contribution in [1.82, 2.24) is 4.90 Å². The maximum absolute atomic E-state index is 13.9. The Morgan fingerprint density at radius 3 is 2.65 bits per heavy atom. The van der Waals surface area contributed by atoms with Gasteiger partial charge in [0, 0.05) is 32.7 Å². The SMILES string of the molecule is O=C(C1CC(=O)N(c2c(F)cccc2F)C1)N1CCCOCC1. The van der Waals surface area contributed by atoms with Crippen LogP contribution in [0.1, 0.15) is 12.8 Å². The summed E-state index contributed by atoms with van der Waals surface area (Å²) in [6.07, 6.45) is 0.724. The van der Waals surface area contributed by atoms with Crippen LogP contribution in [0.4, 0.5) is 14.5 Å². The molecule has 1 unspecified atom stereocenters. The summed E-state index contributed by atoms with van der Waals surface area (Å²) in [6.45, 7) is 2.15. The van der Waals surface area contributed by atoms with Gasteiger partial charge in [-0.3, -0.25) is 9.59 Å². The summed E-state index contributed by atoms with van der Waals surface area (Å²) in [7, 11) is 0. The molecule has 124 valence electrons. The highest BCUT2D eigenvalue weighted by Crippen LogP contribution is 2.30. The second-order valence-electron chi connectivity index (χ2n) is 5.77. The van der Waals surface area contributed by atoms with E-state index in [0.29, 0.717) is 26.3 Å². The molecule has 2 aliphatic heterocycles. The molecule has 0 aromatic heterocycles. The summed E-state index contributed by atoms with van der Waals surface area (Å²) in [5.41, 5.74) is -0.369. The molecule has 5 nitrogen and oxygen atoms in total. The number of carbonyl (C=O) groups excluding carboxylic acids is 2. The minimum absolute atomic E-state index is 0.00682. The number of para-hydroxylation sites is 1. The maximum Gasteiger partial charge on any atom is 0.228 e. The van der Waals surface area contributed by atoms with Crippen molar-refractivity contribution in [2.75, 3.05) is 37.7 Å². The molecule has 1 atom stereocenters. The number of ether oxygens (including phenoxy) is 1. The third-order valence-electron chi connectivity index (χ3n) is 4.22. The molecule has 1 aromatic carbocycles. The first-order chi connectivity index (χ1) is 11.1. The Balaban J connectivity index is 1.75. The van der Waals surface area contributed by atoms with Crippen LogP contribution in [0.25, 0.3) is 0 Å². The van der Waals surface area contributed by atoms with E-state index in [0.717, 1.165) is 23.5 Å². The number of hydrogen-bond acceptors (Lipinski definition) is 3. The Morgan fingerprint density at radius 2 is 1.91 bits per heavy atom. The number of halogens is 2. The highest BCUT2D eigenvalue weighted by molar-refractivity contribution is 6.00. The average Bonchev–Trinajstić information content (AvgIpc) is 2.75. The lowest BCUT2D eigenvalue weighted by atomic mass is 10.1. The van der Waals surface area contributed by atoms with Crippen LogP contribution in [0, 0.1) is 17.6 Å². The Bertz CT molecular complexity index is 595. The Kier molecular flexibility index (Phi) is 4.56. The predicted octanol–water partition coefficient (Wildman–Crippen LogP) is 1.57. The van der Waals surface area contributed by atoms with Gasteiger partial charge in [0.05, 0.1) is 12.5 Å². The van der Waals surface area contributed by atoms with Gasteiger partial charge in [-0.1, -0.05) is 6.07 Å². The van der Waals surface area contributed by atoms with E-state index in [1.165, 1.54) is 6.07 Å². The van der Waals surface area contributed by atoms with Crippen molar-refractivity contribution in [3.63, 3.8) is 0 Å². The topological polar surface area (TPSA) is 49.9 Å². The first-order valence-electron chi connectivity index (χ1n) is 7.69. The highest BCUT2D eigenvalue weighted by Gasteiger charge is 2.39. The van der Waals surface area contributed by atoms with Crippen molar-refractivity contribution in [2.45, 2.75) is 12.8 Å². The number of hydrogen-bond donors (Lipinski definition) is 0. The van der Waals surface area contributed by atoms with E-state index in [2.05, 4.69) is 0 Å². The van der Waals surface area contributed by atoms with E-state index in [-0.39, 0.29) is 24.6 Å². The molecular formula is C16H18F2N2O3. The number of amides is 2. The molecule has 2 aliphatic rings. The summed E-state index contributed by atoms with van der Waals surface area (Å²) in [5, 5.41) is 0. The zero-order chi connectivity index (χ0) is 16.4. The molecule has 2 saturated heterocycles. The summed E-state index contributed by atoms with van der Waals surface area (Å²) in [6, 6.07) is 3.45. The average molecular weight is 324 g/mol. The van der Waals surface area contributed by atoms with Gasteiger partial charge in [-0.15, -0.1) is 0 Å². The normalized spacial score (nSPS) is 22.3. The van der Waals surface area contributed by atoms with Crippen LogP contribution >= 0.6 is 0 Å². The fraction of sp³-hybridized carbons (Fsp3) is 0.500. The first kappa shape index (κ1) is 15.9. The van der Waals surface area contributed by atoms with E-state index in [9.17, 15) is 18.4 Å². The van der Waals surface area contributed by atoms with Crippen LogP contribution in [0.3, 0.4) is 0 Å². The van der Waals surface area contributed by atoms with E-state index in [1.54, 1.807) is 4.90 Å². The zero-order valence-electron chi connectivity index (χ0n) is 12.6. The summed E-state index contributed by atoms with van der Waals surface area (Å²) < 4.78 is 33.0. The van der Waals surface area contributed by atoms with Gasteiger partial charge < -0.3 is 14.5 Å². The summed E-state index contributed by atoms with van der Waals surface area (Å²) in [5.74, 6) is -2.75. The second kappa shape index (κ2) is 6.62. The third-order valence-corrected chi connectivity index (χ3v) is 4.22. The van der Waals surface area contributed by atoms with Crippen LogP contribution in [0.5, 0.6) is 0 Å². The molecule has 0 spiro atoms. The molecule has 1 aromatic rings. The van der Waals surface area contributed by atoms with Gasteiger partial charge in [-0.25, -0.2) is 8.78 Å². The zero-order valence-corrected chi connectivity index (χ0v) is 12.6. The molecule has 0 bridgehead atoms. The van der Waals surface area contributed by atoms with Crippen LogP contribution in [-0.4, -0.2) is 49.6 Å². The van der Waals surface area contributed by atoms with Crippen LogP contribution in [0.15, 0.2) is 18.2 Å². The molecular weight excluding hydrogens is 306 g/mol. The molecule has 2 heterocycles. The number of benzene rings is 1. The molecule has 0 N–H and O–H groups in total. The van der Waals surface area contributed by atoms with Crippen LogP contribution < -0.4 is 4.90 Å². The minimum Gasteiger partial charge on any atom is -0.380 e. The smallest absolute Gasteiger partial charge is 0.228 e. The molecule has 0 aliphatic carbocycles. The number of nitrogens with zero attached hydrogens (tertiary/aromatic N) is 2. The van der Waals surface area contributed by atoms with Crippen molar-refractivity contribution in [3.8, 4) is 0 Å². The van der Waals surface area contributed by atoms with Crippen molar-refractivity contribution >= 4 is 17.5 Å². The highest BCUT2D eigenvalue weighted by atomic mass is 19.1. The van der Waals surface area contributed by atoms with Crippen molar-refractivity contribution in [1.29, 1.82) is 0 Å².